The zero-order valence-corrected chi connectivity index (χ0v) is 18.1. The van der Waals surface area contributed by atoms with Crippen LogP contribution in [0.25, 0.3) is 11.3 Å². The lowest BCUT2D eigenvalue weighted by atomic mass is 9.95. The fraction of sp³-hybridized carbons (Fsp3) is 0.160. The number of hydrogen-bond donors (Lipinski definition) is 2. The van der Waals surface area contributed by atoms with Gasteiger partial charge >= 0.3 is 0 Å². The molecule has 3 heterocycles. The molecule has 0 aliphatic carbocycles. The number of hydrogen-bond acceptors (Lipinski definition) is 6. The summed E-state index contributed by atoms with van der Waals surface area (Å²) in [5, 5.41) is 17.8. The zero-order chi connectivity index (χ0) is 22.9. The van der Waals surface area contributed by atoms with Gasteiger partial charge < -0.3 is 19.5 Å². The van der Waals surface area contributed by atoms with E-state index in [9.17, 15) is 9.90 Å². The van der Waals surface area contributed by atoms with Gasteiger partial charge in [0.15, 0.2) is 11.5 Å². The molecule has 1 atom stereocenters. The monoisotopic (exact) mass is 442 g/mol. The SMILES string of the molecule is COc1ccc(C2c3c(-c4ccccc4O)n[nH]c3C(=O)N2Cc2ccncc2)cc1OC. The van der Waals surface area contributed by atoms with Crippen LogP contribution in [-0.4, -0.2) is 45.3 Å². The number of amides is 1. The molecule has 0 saturated heterocycles. The van der Waals surface area contributed by atoms with Crippen molar-refractivity contribution in [1.29, 1.82) is 0 Å². The van der Waals surface area contributed by atoms with E-state index in [1.54, 1.807) is 49.7 Å². The average molecular weight is 442 g/mol. The number of benzene rings is 2. The highest BCUT2D eigenvalue weighted by atomic mass is 16.5. The first kappa shape index (κ1) is 20.6. The van der Waals surface area contributed by atoms with E-state index in [-0.39, 0.29) is 11.7 Å². The molecule has 2 aromatic carbocycles. The Bertz CT molecular complexity index is 1320. The van der Waals surface area contributed by atoms with E-state index in [1.807, 2.05) is 36.4 Å². The van der Waals surface area contributed by atoms with E-state index in [4.69, 9.17) is 9.47 Å². The summed E-state index contributed by atoms with van der Waals surface area (Å²) < 4.78 is 10.9. The normalized spacial score (nSPS) is 14.9. The Labute approximate surface area is 190 Å². The molecule has 0 bridgehead atoms. The number of aromatic hydroxyl groups is 1. The number of H-pyrrole nitrogens is 1. The lowest BCUT2D eigenvalue weighted by Crippen LogP contribution is -2.29. The molecule has 1 unspecified atom stereocenters. The van der Waals surface area contributed by atoms with Gasteiger partial charge in [-0.15, -0.1) is 0 Å². The van der Waals surface area contributed by atoms with Gasteiger partial charge in [-0.2, -0.15) is 5.10 Å². The van der Waals surface area contributed by atoms with Gasteiger partial charge in [0.05, 0.1) is 20.3 Å². The topological polar surface area (TPSA) is 101 Å². The molecular formula is C25H22N4O4. The van der Waals surface area contributed by atoms with E-state index in [0.29, 0.717) is 40.6 Å². The molecule has 0 fully saturated rings. The van der Waals surface area contributed by atoms with Crippen LogP contribution in [0, 0.1) is 0 Å². The van der Waals surface area contributed by atoms with Crippen molar-refractivity contribution < 1.29 is 19.4 Å². The van der Waals surface area contributed by atoms with Crippen LogP contribution in [0.4, 0.5) is 0 Å². The summed E-state index contributed by atoms with van der Waals surface area (Å²) in [6.45, 7) is 0.378. The van der Waals surface area contributed by atoms with Crippen LogP contribution in [0.5, 0.6) is 17.2 Å². The summed E-state index contributed by atoms with van der Waals surface area (Å²) in [4.78, 5) is 19.4. The van der Waals surface area contributed by atoms with E-state index < -0.39 is 6.04 Å². The number of methoxy groups -OCH3 is 2. The van der Waals surface area contributed by atoms with Gasteiger partial charge in [0, 0.05) is 30.1 Å². The average Bonchev–Trinajstić information content (AvgIpc) is 3.39. The Balaban J connectivity index is 1.69. The fourth-order valence-corrected chi connectivity index (χ4v) is 4.29. The minimum absolute atomic E-state index is 0.0953. The maximum absolute atomic E-state index is 13.5. The highest BCUT2D eigenvalue weighted by molar-refractivity contribution is 6.00. The predicted molar refractivity (Wildman–Crippen MR) is 121 cm³/mol. The number of aromatic nitrogens is 3. The standard InChI is InChI=1S/C25H22N4O4/c1-32-19-8-7-16(13-20(19)33-2)24-21-22(17-5-3-4-6-18(17)30)27-28-23(21)25(31)29(24)14-15-9-11-26-12-10-15/h3-13,24,30H,14H2,1-2H3,(H,27,28). The van der Waals surface area contributed by atoms with Crippen molar-refractivity contribution in [1.82, 2.24) is 20.1 Å². The third kappa shape index (κ3) is 3.45. The number of rotatable bonds is 6. The van der Waals surface area contributed by atoms with E-state index in [1.165, 1.54) is 0 Å². The van der Waals surface area contributed by atoms with E-state index in [2.05, 4.69) is 15.2 Å². The lowest BCUT2D eigenvalue weighted by Gasteiger charge is -2.27. The number of carbonyl (C=O) groups excluding carboxylic acids is 1. The van der Waals surface area contributed by atoms with Gasteiger partial charge in [0.25, 0.3) is 5.91 Å². The second-order valence-electron chi connectivity index (χ2n) is 7.68. The Kier molecular flexibility index (Phi) is 5.18. The largest absolute Gasteiger partial charge is 0.507 e. The van der Waals surface area contributed by atoms with Gasteiger partial charge in [0.1, 0.15) is 17.1 Å². The fourth-order valence-electron chi connectivity index (χ4n) is 4.29. The van der Waals surface area contributed by atoms with Crippen LogP contribution >= 0.6 is 0 Å². The highest BCUT2D eigenvalue weighted by Crippen LogP contribution is 2.46. The summed E-state index contributed by atoms with van der Waals surface area (Å²) in [7, 11) is 3.16. The molecule has 2 N–H and O–H groups in total. The van der Waals surface area contributed by atoms with Crippen molar-refractivity contribution in [2.75, 3.05) is 14.2 Å². The van der Waals surface area contributed by atoms with Crippen LogP contribution < -0.4 is 9.47 Å². The minimum atomic E-state index is -0.450. The number of phenols is 1. The van der Waals surface area contributed by atoms with Gasteiger partial charge in [-0.1, -0.05) is 18.2 Å². The second kappa shape index (κ2) is 8.31. The number of nitrogens with zero attached hydrogens (tertiary/aromatic N) is 3. The first-order chi connectivity index (χ1) is 16.1. The highest BCUT2D eigenvalue weighted by Gasteiger charge is 2.42. The summed E-state index contributed by atoms with van der Waals surface area (Å²) >= 11 is 0. The van der Waals surface area contributed by atoms with Gasteiger partial charge in [-0.3, -0.25) is 14.9 Å². The van der Waals surface area contributed by atoms with Crippen LogP contribution in [-0.2, 0) is 6.54 Å². The molecule has 0 radical (unpaired) electrons. The molecule has 4 aromatic rings. The van der Waals surface area contributed by atoms with Crippen LogP contribution in [0.3, 0.4) is 0 Å². The summed E-state index contributed by atoms with van der Waals surface area (Å²) in [5.41, 5.74) is 4.00. The lowest BCUT2D eigenvalue weighted by molar-refractivity contribution is 0.0730. The Morgan fingerprint density at radius 1 is 1.03 bits per heavy atom. The van der Waals surface area contributed by atoms with Crippen LogP contribution in [0.2, 0.25) is 0 Å². The van der Waals surface area contributed by atoms with Crippen molar-refractivity contribution in [3.63, 3.8) is 0 Å². The van der Waals surface area contributed by atoms with Crippen molar-refractivity contribution in [3.8, 4) is 28.5 Å². The quantitative estimate of drug-likeness (QED) is 0.469. The molecular weight excluding hydrogens is 420 g/mol. The number of carbonyl (C=O) groups is 1. The van der Waals surface area contributed by atoms with E-state index >= 15 is 0 Å². The molecule has 1 aliphatic heterocycles. The first-order valence-electron chi connectivity index (χ1n) is 10.4. The Morgan fingerprint density at radius 3 is 2.52 bits per heavy atom. The third-order valence-electron chi connectivity index (χ3n) is 5.85. The number of phenolic OH excluding ortho intramolecular Hbond substituents is 1. The molecule has 0 spiro atoms. The van der Waals surface area contributed by atoms with Gasteiger partial charge in [-0.25, -0.2) is 0 Å². The minimum Gasteiger partial charge on any atom is -0.507 e. The molecule has 5 rings (SSSR count). The van der Waals surface area contributed by atoms with Crippen LogP contribution in [0.15, 0.2) is 67.0 Å². The number of fused-ring (bicyclic) bond motifs is 1. The Hall–Kier alpha value is -4.33. The molecule has 2 aromatic heterocycles. The number of para-hydroxylation sites is 1. The molecule has 8 heteroatoms. The molecule has 166 valence electrons. The number of ether oxygens (including phenoxy) is 2. The predicted octanol–water partition coefficient (Wildman–Crippen LogP) is 3.94. The Morgan fingerprint density at radius 2 is 1.79 bits per heavy atom. The molecule has 1 aliphatic rings. The summed E-state index contributed by atoms with van der Waals surface area (Å²) in [6, 6.07) is 15.9. The van der Waals surface area contributed by atoms with Crippen molar-refractivity contribution in [2.45, 2.75) is 12.6 Å². The zero-order valence-electron chi connectivity index (χ0n) is 18.1. The van der Waals surface area contributed by atoms with Gasteiger partial charge in [0.2, 0.25) is 0 Å². The summed E-state index contributed by atoms with van der Waals surface area (Å²) in [6.07, 6.45) is 3.41. The smallest absolute Gasteiger partial charge is 0.273 e. The molecule has 33 heavy (non-hydrogen) atoms. The molecule has 8 nitrogen and oxygen atoms in total. The first-order valence-corrected chi connectivity index (χ1v) is 10.4. The number of pyridine rings is 1. The van der Waals surface area contributed by atoms with Crippen molar-refractivity contribution in [2.24, 2.45) is 0 Å². The molecule has 1 amide bonds. The third-order valence-corrected chi connectivity index (χ3v) is 5.85. The maximum Gasteiger partial charge on any atom is 0.273 e. The van der Waals surface area contributed by atoms with Gasteiger partial charge in [-0.05, 0) is 47.5 Å². The van der Waals surface area contributed by atoms with E-state index in [0.717, 1.165) is 11.1 Å². The number of aromatic amines is 1. The summed E-state index contributed by atoms with van der Waals surface area (Å²) in [5.74, 6) is 1.08. The van der Waals surface area contributed by atoms with Crippen LogP contribution in [0.1, 0.15) is 33.2 Å². The van der Waals surface area contributed by atoms with Crippen molar-refractivity contribution in [3.05, 3.63) is 89.4 Å². The number of nitrogens with one attached hydrogen (secondary N) is 1. The second-order valence-corrected chi connectivity index (χ2v) is 7.68. The van der Waals surface area contributed by atoms with Crippen molar-refractivity contribution >= 4 is 5.91 Å². The maximum atomic E-state index is 13.5. The molecule has 0 saturated carbocycles.